The molecule has 0 radical (unpaired) electrons. The first-order chi connectivity index (χ1) is 7.26. The number of nitrogens with one attached hydrogen (secondary N) is 1. The number of alkyl halides is 3. The summed E-state index contributed by atoms with van der Waals surface area (Å²) >= 11 is 0. The van der Waals surface area contributed by atoms with E-state index < -0.39 is 12.7 Å². The number of hydrogen-bond acceptors (Lipinski definition) is 2. The van der Waals surface area contributed by atoms with Crippen LogP contribution in [0.4, 0.5) is 13.2 Å². The van der Waals surface area contributed by atoms with Crippen LogP contribution in [0.5, 0.6) is 0 Å². The van der Waals surface area contributed by atoms with E-state index in [2.05, 4.69) is 5.32 Å². The molecule has 0 spiro atoms. The van der Waals surface area contributed by atoms with E-state index in [1.165, 1.54) is 4.90 Å². The van der Waals surface area contributed by atoms with Gasteiger partial charge in [0.1, 0.15) is 0 Å². The van der Waals surface area contributed by atoms with Gasteiger partial charge in [0.25, 0.3) is 0 Å². The van der Waals surface area contributed by atoms with Gasteiger partial charge in [0.2, 0.25) is 0 Å². The highest BCUT2D eigenvalue weighted by Gasteiger charge is 2.31. The van der Waals surface area contributed by atoms with E-state index in [1.54, 1.807) is 6.92 Å². The largest absolute Gasteiger partial charge is 0.401 e. The number of hydrogen-bond donors (Lipinski definition) is 1. The van der Waals surface area contributed by atoms with E-state index in [0.29, 0.717) is 12.6 Å². The van der Waals surface area contributed by atoms with Crippen LogP contribution < -0.4 is 5.32 Å². The molecule has 0 fully saturated rings. The van der Waals surface area contributed by atoms with Crippen molar-refractivity contribution in [2.75, 3.05) is 19.6 Å². The van der Waals surface area contributed by atoms with Crippen molar-refractivity contribution in [1.82, 2.24) is 10.2 Å². The van der Waals surface area contributed by atoms with Crippen LogP contribution in [-0.2, 0) is 0 Å². The van der Waals surface area contributed by atoms with E-state index >= 15 is 0 Å². The zero-order valence-electron chi connectivity index (χ0n) is 10.6. The van der Waals surface area contributed by atoms with Crippen LogP contribution in [0, 0.1) is 0 Å². The van der Waals surface area contributed by atoms with Crippen LogP contribution in [0.2, 0.25) is 0 Å². The molecule has 0 heterocycles. The molecule has 0 aromatic rings. The van der Waals surface area contributed by atoms with Crippen LogP contribution in [0.15, 0.2) is 0 Å². The molecule has 0 saturated heterocycles. The highest BCUT2D eigenvalue weighted by Crippen LogP contribution is 2.18. The first-order valence-electron chi connectivity index (χ1n) is 5.80. The lowest BCUT2D eigenvalue weighted by Crippen LogP contribution is -2.41. The molecule has 0 bridgehead atoms. The van der Waals surface area contributed by atoms with E-state index in [-0.39, 0.29) is 6.04 Å². The maximum Gasteiger partial charge on any atom is 0.401 e. The third kappa shape index (κ3) is 7.93. The van der Waals surface area contributed by atoms with Crippen molar-refractivity contribution in [3.8, 4) is 0 Å². The van der Waals surface area contributed by atoms with E-state index in [9.17, 15) is 13.2 Å². The van der Waals surface area contributed by atoms with Crippen molar-refractivity contribution in [2.45, 2.75) is 52.4 Å². The quantitative estimate of drug-likeness (QED) is 0.736. The molecule has 1 unspecified atom stereocenters. The second kappa shape index (κ2) is 7.12. The lowest BCUT2D eigenvalue weighted by Gasteiger charge is -2.29. The van der Waals surface area contributed by atoms with Gasteiger partial charge >= 0.3 is 6.18 Å². The van der Waals surface area contributed by atoms with Crippen molar-refractivity contribution in [3.63, 3.8) is 0 Å². The third-order valence-electron chi connectivity index (χ3n) is 2.53. The van der Waals surface area contributed by atoms with Gasteiger partial charge in [-0.3, -0.25) is 4.90 Å². The highest BCUT2D eigenvalue weighted by atomic mass is 19.4. The number of nitrogens with zero attached hydrogens (tertiary/aromatic N) is 1. The van der Waals surface area contributed by atoms with Gasteiger partial charge in [0.15, 0.2) is 0 Å². The second-order valence-corrected chi connectivity index (χ2v) is 4.42. The van der Waals surface area contributed by atoms with Crippen LogP contribution in [0.3, 0.4) is 0 Å². The fourth-order valence-electron chi connectivity index (χ4n) is 1.57. The van der Waals surface area contributed by atoms with Gasteiger partial charge in [-0.25, -0.2) is 0 Å². The molecule has 0 rings (SSSR count). The minimum atomic E-state index is -4.10. The van der Waals surface area contributed by atoms with Crippen molar-refractivity contribution >= 4 is 0 Å². The smallest absolute Gasteiger partial charge is 0.314 e. The molecule has 0 aliphatic rings. The SMILES string of the molecule is CCN(CC(F)(F)F)C(C)CCNC(C)C. The molecule has 0 aliphatic heterocycles. The van der Waals surface area contributed by atoms with Gasteiger partial charge in [-0.2, -0.15) is 13.2 Å². The Morgan fingerprint density at radius 2 is 1.75 bits per heavy atom. The van der Waals surface area contributed by atoms with Gasteiger partial charge in [-0.05, 0) is 26.4 Å². The first-order valence-corrected chi connectivity index (χ1v) is 5.80. The molecule has 0 saturated carbocycles. The number of rotatable bonds is 7. The number of halogens is 3. The molecule has 0 aliphatic carbocycles. The topological polar surface area (TPSA) is 15.3 Å². The average Bonchev–Trinajstić information content (AvgIpc) is 2.11. The zero-order valence-corrected chi connectivity index (χ0v) is 10.6. The van der Waals surface area contributed by atoms with Crippen LogP contribution in [0.25, 0.3) is 0 Å². The minimum Gasteiger partial charge on any atom is -0.314 e. The Morgan fingerprint density at radius 3 is 2.12 bits per heavy atom. The molecule has 2 nitrogen and oxygen atoms in total. The van der Waals surface area contributed by atoms with Gasteiger partial charge in [0, 0.05) is 12.1 Å². The Bertz CT molecular complexity index is 181. The molecule has 16 heavy (non-hydrogen) atoms. The Kier molecular flexibility index (Phi) is 6.99. The molecule has 1 atom stereocenters. The summed E-state index contributed by atoms with van der Waals surface area (Å²) in [5, 5.41) is 3.21. The first kappa shape index (κ1) is 15.7. The van der Waals surface area contributed by atoms with Crippen molar-refractivity contribution < 1.29 is 13.2 Å². The summed E-state index contributed by atoms with van der Waals surface area (Å²) in [6.45, 7) is 8.03. The lowest BCUT2D eigenvalue weighted by atomic mass is 10.2. The van der Waals surface area contributed by atoms with Gasteiger partial charge in [-0.15, -0.1) is 0 Å². The van der Waals surface area contributed by atoms with Crippen LogP contribution in [-0.4, -0.2) is 42.8 Å². The van der Waals surface area contributed by atoms with Crippen molar-refractivity contribution in [3.05, 3.63) is 0 Å². The summed E-state index contributed by atoms with van der Waals surface area (Å²) in [5.41, 5.74) is 0. The molecule has 5 heteroatoms. The molecular weight excluding hydrogens is 217 g/mol. The molecule has 1 N–H and O–H groups in total. The summed E-state index contributed by atoms with van der Waals surface area (Å²) in [5.74, 6) is 0. The second-order valence-electron chi connectivity index (χ2n) is 4.42. The fourth-order valence-corrected chi connectivity index (χ4v) is 1.57. The van der Waals surface area contributed by atoms with Crippen LogP contribution >= 0.6 is 0 Å². The molecule has 98 valence electrons. The molecular formula is C11H23F3N2. The van der Waals surface area contributed by atoms with Gasteiger partial charge in [0.05, 0.1) is 6.54 Å². The lowest BCUT2D eigenvalue weighted by molar-refractivity contribution is -0.149. The fraction of sp³-hybridized carbons (Fsp3) is 1.00. The van der Waals surface area contributed by atoms with Crippen LogP contribution in [0.1, 0.15) is 34.1 Å². The van der Waals surface area contributed by atoms with Crippen molar-refractivity contribution in [2.24, 2.45) is 0 Å². The Morgan fingerprint density at radius 1 is 1.19 bits per heavy atom. The normalized spacial score (nSPS) is 14.8. The van der Waals surface area contributed by atoms with E-state index in [0.717, 1.165) is 13.0 Å². The summed E-state index contributed by atoms with van der Waals surface area (Å²) in [6.07, 6.45) is -3.36. The Hall–Kier alpha value is -0.290. The zero-order chi connectivity index (χ0) is 12.8. The highest BCUT2D eigenvalue weighted by molar-refractivity contribution is 4.70. The van der Waals surface area contributed by atoms with Gasteiger partial charge < -0.3 is 5.32 Å². The Labute approximate surface area is 96.2 Å². The molecule has 0 amide bonds. The maximum absolute atomic E-state index is 12.2. The third-order valence-corrected chi connectivity index (χ3v) is 2.53. The molecule has 0 aromatic carbocycles. The van der Waals surface area contributed by atoms with Gasteiger partial charge in [-0.1, -0.05) is 20.8 Å². The predicted octanol–water partition coefficient (Wildman–Crippen LogP) is 2.65. The Balaban J connectivity index is 3.96. The van der Waals surface area contributed by atoms with E-state index in [4.69, 9.17) is 0 Å². The summed E-state index contributed by atoms with van der Waals surface area (Å²) in [6, 6.07) is 0.336. The summed E-state index contributed by atoms with van der Waals surface area (Å²) in [4.78, 5) is 1.46. The standard InChI is InChI=1S/C11H23F3N2/c1-5-16(8-11(12,13)14)10(4)6-7-15-9(2)3/h9-10,15H,5-8H2,1-4H3. The predicted molar refractivity (Wildman–Crippen MR) is 60.5 cm³/mol. The average molecular weight is 240 g/mol. The summed E-state index contributed by atoms with van der Waals surface area (Å²) < 4.78 is 36.7. The maximum atomic E-state index is 12.2. The monoisotopic (exact) mass is 240 g/mol. The summed E-state index contributed by atoms with van der Waals surface area (Å²) in [7, 11) is 0. The van der Waals surface area contributed by atoms with Crippen molar-refractivity contribution in [1.29, 1.82) is 0 Å². The molecule has 0 aromatic heterocycles. The minimum absolute atomic E-state index is 0.0436. The van der Waals surface area contributed by atoms with E-state index in [1.807, 2.05) is 20.8 Å².